The number of halogens is 3. The molecule has 198 valence electrons. The quantitative estimate of drug-likeness (QED) is 0.240. The van der Waals surface area contributed by atoms with Gasteiger partial charge in [0.05, 0.1) is 5.02 Å². The van der Waals surface area contributed by atoms with Crippen LogP contribution in [0.5, 0.6) is 0 Å². The molecule has 2 heterocycles. The third-order valence-electron chi connectivity index (χ3n) is 6.38. The highest BCUT2D eigenvalue weighted by molar-refractivity contribution is 6.36. The van der Waals surface area contributed by atoms with E-state index in [-0.39, 0.29) is 11.8 Å². The van der Waals surface area contributed by atoms with E-state index in [0.29, 0.717) is 50.9 Å². The summed E-state index contributed by atoms with van der Waals surface area (Å²) in [5, 5.41) is 4.50. The Morgan fingerprint density at radius 3 is 2.18 bits per heavy atom. The molecule has 1 fully saturated rings. The van der Waals surface area contributed by atoms with Gasteiger partial charge in [0.2, 0.25) is 5.91 Å². The topological polar surface area (TPSA) is 65.8 Å². The van der Waals surface area contributed by atoms with E-state index < -0.39 is 0 Å². The first-order chi connectivity index (χ1) is 18.9. The molecule has 2 amide bonds. The predicted octanol–water partition coefficient (Wildman–Crippen LogP) is 7.52. The Kier molecular flexibility index (Phi) is 8.27. The van der Waals surface area contributed by atoms with Gasteiger partial charge in [0, 0.05) is 64.8 Å². The van der Waals surface area contributed by atoms with Gasteiger partial charge in [-0.15, -0.1) is 0 Å². The lowest BCUT2D eigenvalue weighted by Crippen LogP contribution is -2.48. The van der Waals surface area contributed by atoms with E-state index in [1.807, 2.05) is 29.2 Å². The molecule has 0 aliphatic carbocycles. The van der Waals surface area contributed by atoms with Gasteiger partial charge < -0.3 is 19.5 Å². The van der Waals surface area contributed by atoms with Gasteiger partial charge in [-0.1, -0.05) is 34.8 Å². The van der Waals surface area contributed by atoms with Gasteiger partial charge >= 0.3 is 0 Å². The van der Waals surface area contributed by atoms with Crippen LogP contribution >= 0.6 is 34.8 Å². The molecule has 9 heteroatoms. The van der Waals surface area contributed by atoms with Crippen LogP contribution in [0.1, 0.15) is 16.1 Å². The highest BCUT2D eigenvalue weighted by Gasteiger charge is 2.22. The molecule has 1 aliphatic heterocycles. The molecule has 0 unspecified atom stereocenters. The van der Waals surface area contributed by atoms with Gasteiger partial charge in [-0.2, -0.15) is 0 Å². The second-order valence-corrected chi connectivity index (χ2v) is 10.3. The fourth-order valence-corrected chi connectivity index (χ4v) is 4.94. The average molecular weight is 581 g/mol. The average Bonchev–Trinajstić information content (AvgIpc) is 3.41. The maximum Gasteiger partial charge on any atom is 0.253 e. The normalized spacial score (nSPS) is 13.6. The van der Waals surface area contributed by atoms with Crippen LogP contribution in [-0.4, -0.2) is 42.9 Å². The van der Waals surface area contributed by atoms with Crippen LogP contribution in [0.4, 0.5) is 11.4 Å². The van der Waals surface area contributed by atoms with E-state index in [2.05, 4.69) is 10.2 Å². The molecule has 0 bridgehead atoms. The highest BCUT2D eigenvalue weighted by Crippen LogP contribution is 2.31. The zero-order valence-electron chi connectivity index (χ0n) is 20.7. The second kappa shape index (κ2) is 12.0. The number of amides is 2. The lowest BCUT2D eigenvalue weighted by Gasteiger charge is -2.36. The molecule has 0 radical (unpaired) electrons. The molecule has 4 aromatic rings. The minimum atomic E-state index is -0.278. The molecule has 1 aromatic heterocycles. The van der Waals surface area contributed by atoms with E-state index >= 15 is 0 Å². The number of carbonyl (C=O) groups excluding carboxylic acids is 2. The summed E-state index contributed by atoms with van der Waals surface area (Å²) in [6.45, 7) is 2.70. The molecule has 3 aromatic carbocycles. The SMILES string of the molecule is O=C(C=Cc1ccc(-c2ccc(Cl)cc2Cl)o1)Nc1ccc(N2CCN(C(=O)c3ccc(Cl)cc3)CC2)cc1. The zero-order chi connectivity index (χ0) is 27.4. The van der Waals surface area contributed by atoms with Gasteiger partial charge in [-0.3, -0.25) is 9.59 Å². The molecule has 0 saturated carbocycles. The highest BCUT2D eigenvalue weighted by atomic mass is 35.5. The Hall–Kier alpha value is -3.71. The number of furan rings is 1. The number of anilines is 2. The lowest BCUT2D eigenvalue weighted by molar-refractivity contribution is -0.111. The summed E-state index contributed by atoms with van der Waals surface area (Å²) in [5.41, 5.74) is 3.07. The molecular formula is C30H24Cl3N3O3. The van der Waals surface area contributed by atoms with Crippen molar-refractivity contribution in [3.8, 4) is 11.3 Å². The van der Waals surface area contributed by atoms with Gasteiger partial charge in [0.25, 0.3) is 5.91 Å². The van der Waals surface area contributed by atoms with Crippen molar-refractivity contribution >= 4 is 64.1 Å². The molecule has 6 nitrogen and oxygen atoms in total. The smallest absolute Gasteiger partial charge is 0.253 e. The Morgan fingerprint density at radius 2 is 1.49 bits per heavy atom. The number of hydrogen-bond acceptors (Lipinski definition) is 4. The first-order valence-corrected chi connectivity index (χ1v) is 13.4. The number of carbonyl (C=O) groups is 2. The standard InChI is InChI=1S/C30H24Cl3N3O3/c31-21-3-1-20(2-4-21)30(38)36-17-15-35(16-18-36)24-8-6-23(7-9-24)34-29(37)14-11-25-10-13-28(39-25)26-12-5-22(32)19-27(26)33/h1-14,19H,15-18H2,(H,34,37). The molecule has 1 aliphatic rings. The van der Waals surface area contributed by atoms with Crippen molar-refractivity contribution in [1.29, 1.82) is 0 Å². The van der Waals surface area contributed by atoms with Crippen LogP contribution in [-0.2, 0) is 4.79 Å². The summed E-state index contributed by atoms with van der Waals surface area (Å²) in [6.07, 6.45) is 3.01. The van der Waals surface area contributed by atoms with Crippen LogP contribution in [0.15, 0.2) is 89.4 Å². The van der Waals surface area contributed by atoms with E-state index in [0.717, 1.165) is 24.3 Å². The fraction of sp³-hybridized carbons (Fsp3) is 0.133. The van der Waals surface area contributed by atoms with Crippen LogP contribution in [0.25, 0.3) is 17.4 Å². The largest absolute Gasteiger partial charge is 0.457 e. The minimum absolute atomic E-state index is 0.0111. The Bertz CT molecular complexity index is 1510. The molecule has 39 heavy (non-hydrogen) atoms. The summed E-state index contributed by atoms with van der Waals surface area (Å²) in [6, 6.07) is 23.3. The van der Waals surface area contributed by atoms with Crippen LogP contribution in [0.2, 0.25) is 15.1 Å². The number of benzene rings is 3. The fourth-order valence-electron chi connectivity index (χ4n) is 4.32. The van der Waals surface area contributed by atoms with E-state index in [4.69, 9.17) is 39.2 Å². The van der Waals surface area contributed by atoms with E-state index in [9.17, 15) is 9.59 Å². The van der Waals surface area contributed by atoms with Crippen LogP contribution < -0.4 is 10.2 Å². The zero-order valence-corrected chi connectivity index (χ0v) is 23.0. The summed E-state index contributed by atoms with van der Waals surface area (Å²) >= 11 is 18.1. The number of rotatable bonds is 6. The number of nitrogens with one attached hydrogen (secondary N) is 1. The number of piperazine rings is 1. The molecule has 1 N–H and O–H groups in total. The van der Waals surface area contributed by atoms with Crippen molar-refractivity contribution in [2.24, 2.45) is 0 Å². The van der Waals surface area contributed by atoms with Crippen molar-refractivity contribution in [2.45, 2.75) is 0 Å². The summed E-state index contributed by atoms with van der Waals surface area (Å²) in [4.78, 5) is 29.3. The van der Waals surface area contributed by atoms with E-state index in [1.165, 1.54) is 6.08 Å². The van der Waals surface area contributed by atoms with Crippen LogP contribution in [0, 0.1) is 0 Å². The maximum absolute atomic E-state index is 12.7. The minimum Gasteiger partial charge on any atom is -0.457 e. The maximum atomic E-state index is 12.7. The third kappa shape index (κ3) is 6.66. The summed E-state index contributed by atoms with van der Waals surface area (Å²) in [7, 11) is 0. The third-order valence-corrected chi connectivity index (χ3v) is 7.18. The van der Waals surface area contributed by atoms with Gasteiger partial charge in [-0.05, 0) is 84.9 Å². The van der Waals surface area contributed by atoms with Crippen molar-refractivity contribution in [3.63, 3.8) is 0 Å². The lowest BCUT2D eigenvalue weighted by atomic mass is 10.1. The van der Waals surface area contributed by atoms with E-state index in [1.54, 1.807) is 60.7 Å². The summed E-state index contributed by atoms with van der Waals surface area (Å²) in [5.74, 6) is 0.842. The first-order valence-electron chi connectivity index (χ1n) is 12.3. The Balaban J connectivity index is 1.13. The van der Waals surface area contributed by atoms with Gasteiger partial charge in [0.1, 0.15) is 11.5 Å². The number of nitrogens with zero attached hydrogens (tertiary/aromatic N) is 2. The number of hydrogen-bond donors (Lipinski definition) is 1. The van der Waals surface area contributed by atoms with Gasteiger partial charge in [-0.25, -0.2) is 0 Å². The molecular weight excluding hydrogens is 557 g/mol. The van der Waals surface area contributed by atoms with Crippen molar-refractivity contribution in [2.75, 3.05) is 36.4 Å². The molecule has 0 atom stereocenters. The van der Waals surface area contributed by atoms with Crippen molar-refractivity contribution < 1.29 is 14.0 Å². The second-order valence-electron chi connectivity index (χ2n) is 8.98. The molecule has 0 spiro atoms. The molecule has 1 saturated heterocycles. The summed E-state index contributed by atoms with van der Waals surface area (Å²) < 4.78 is 5.80. The monoisotopic (exact) mass is 579 g/mol. The Labute approximate surface area is 241 Å². The van der Waals surface area contributed by atoms with Crippen molar-refractivity contribution in [3.05, 3.63) is 111 Å². The Morgan fingerprint density at radius 1 is 0.795 bits per heavy atom. The van der Waals surface area contributed by atoms with Gasteiger partial charge in [0.15, 0.2) is 0 Å². The van der Waals surface area contributed by atoms with Crippen molar-refractivity contribution in [1.82, 2.24) is 4.90 Å². The first kappa shape index (κ1) is 26.9. The molecule has 5 rings (SSSR count). The predicted molar refractivity (Wildman–Crippen MR) is 158 cm³/mol. The van der Waals surface area contributed by atoms with Crippen LogP contribution in [0.3, 0.4) is 0 Å².